The Labute approximate surface area is 132 Å². The molecule has 0 aliphatic rings. The number of ketones is 1. The SMILES string of the molecule is Cc1ncsc1C(=O)C=Cc1cnn(Cc2ccccc2)c1. The third-order valence-corrected chi connectivity index (χ3v) is 4.18. The van der Waals surface area contributed by atoms with Crippen molar-refractivity contribution < 1.29 is 4.79 Å². The molecule has 0 amide bonds. The third-order valence-electron chi connectivity index (χ3n) is 3.24. The highest BCUT2D eigenvalue weighted by molar-refractivity contribution is 7.12. The van der Waals surface area contributed by atoms with E-state index < -0.39 is 0 Å². The fraction of sp³-hybridized carbons (Fsp3) is 0.118. The first kappa shape index (κ1) is 14.4. The number of allylic oxidation sites excluding steroid dienone is 1. The van der Waals surface area contributed by atoms with Gasteiger partial charge in [-0.2, -0.15) is 5.10 Å². The number of carbonyl (C=O) groups is 1. The zero-order valence-electron chi connectivity index (χ0n) is 12.1. The maximum absolute atomic E-state index is 12.1. The van der Waals surface area contributed by atoms with Gasteiger partial charge in [0, 0.05) is 11.8 Å². The summed E-state index contributed by atoms with van der Waals surface area (Å²) in [6, 6.07) is 10.1. The highest BCUT2D eigenvalue weighted by Gasteiger charge is 2.08. The van der Waals surface area contributed by atoms with Crippen LogP contribution >= 0.6 is 11.3 Å². The Morgan fingerprint density at radius 2 is 2.14 bits per heavy atom. The van der Waals surface area contributed by atoms with E-state index in [9.17, 15) is 4.79 Å². The quantitative estimate of drug-likeness (QED) is 0.534. The lowest BCUT2D eigenvalue weighted by atomic mass is 10.2. The van der Waals surface area contributed by atoms with Crippen molar-refractivity contribution in [3.8, 4) is 0 Å². The van der Waals surface area contributed by atoms with Gasteiger partial charge in [0.25, 0.3) is 0 Å². The Morgan fingerprint density at radius 3 is 2.86 bits per heavy atom. The number of nitrogens with zero attached hydrogens (tertiary/aromatic N) is 3. The van der Waals surface area contributed by atoms with E-state index in [0.29, 0.717) is 4.88 Å². The molecule has 0 unspecified atom stereocenters. The van der Waals surface area contributed by atoms with Crippen LogP contribution < -0.4 is 0 Å². The molecule has 0 atom stereocenters. The molecule has 110 valence electrons. The van der Waals surface area contributed by atoms with Gasteiger partial charge in [-0.1, -0.05) is 30.3 Å². The average Bonchev–Trinajstić information content (AvgIpc) is 3.15. The average molecular weight is 309 g/mol. The lowest BCUT2D eigenvalue weighted by Gasteiger charge is -2.00. The van der Waals surface area contributed by atoms with Crippen LogP contribution in [-0.2, 0) is 6.54 Å². The van der Waals surface area contributed by atoms with Gasteiger partial charge in [0.15, 0.2) is 5.78 Å². The van der Waals surface area contributed by atoms with Gasteiger partial charge >= 0.3 is 0 Å². The van der Waals surface area contributed by atoms with Crippen LogP contribution in [0.15, 0.2) is 54.3 Å². The summed E-state index contributed by atoms with van der Waals surface area (Å²) in [5.74, 6) is -0.0178. The van der Waals surface area contributed by atoms with E-state index in [2.05, 4.69) is 22.2 Å². The number of benzene rings is 1. The van der Waals surface area contributed by atoms with E-state index in [4.69, 9.17) is 0 Å². The fourth-order valence-corrected chi connectivity index (χ4v) is 2.83. The molecule has 1 aromatic carbocycles. The molecule has 0 spiro atoms. The molecule has 0 N–H and O–H groups in total. The second-order valence-corrected chi connectivity index (χ2v) is 5.78. The molecule has 0 saturated carbocycles. The molecule has 22 heavy (non-hydrogen) atoms. The first-order valence-electron chi connectivity index (χ1n) is 6.91. The molecule has 0 saturated heterocycles. The van der Waals surface area contributed by atoms with Crippen molar-refractivity contribution in [2.24, 2.45) is 0 Å². The van der Waals surface area contributed by atoms with Crippen molar-refractivity contribution in [3.05, 3.63) is 76.0 Å². The molecule has 3 aromatic rings. The van der Waals surface area contributed by atoms with Crippen LogP contribution in [0.1, 0.15) is 26.5 Å². The third kappa shape index (κ3) is 3.38. The fourth-order valence-electron chi connectivity index (χ4n) is 2.11. The van der Waals surface area contributed by atoms with Crippen LogP contribution in [0.5, 0.6) is 0 Å². The van der Waals surface area contributed by atoms with Crippen molar-refractivity contribution in [1.82, 2.24) is 14.8 Å². The van der Waals surface area contributed by atoms with E-state index >= 15 is 0 Å². The van der Waals surface area contributed by atoms with Crippen molar-refractivity contribution >= 4 is 23.2 Å². The molecule has 3 rings (SSSR count). The molecule has 0 radical (unpaired) electrons. The van der Waals surface area contributed by atoms with E-state index in [1.54, 1.807) is 23.9 Å². The van der Waals surface area contributed by atoms with Crippen molar-refractivity contribution in [2.75, 3.05) is 0 Å². The summed E-state index contributed by atoms with van der Waals surface area (Å²) in [6.07, 6.45) is 7.04. The minimum Gasteiger partial charge on any atom is -0.288 e. The summed E-state index contributed by atoms with van der Waals surface area (Å²) in [7, 11) is 0. The van der Waals surface area contributed by atoms with Crippen LogP contribution in [0.3, 0.4) is 0 Å². The molecular weight excluding hydrogens is 294 g/mol. The van der Waals surface area contributed by atoms with Gasteiger partial charge in [-0.15, -0.1) is 11.3 Å². The number of aromatic nitrogens is 3. The Morgan fingerprint density at radius 1 is 1.32 bits per heavy atom. The minimum absolute atomic E-state index is 0.0178. The first-order chi connectivity index (χ1) is 10.7. The molecule has 0 fully saturated rings. The number of thiazole rings is 1. The summed E-state index contributed by atoms with van der Waals surface area (Å²) < 4.78 is 1.86. The highest BCUT2D eigenvalue weighted by atomic mass is 32.1. The molecule has 4 nitrogen and oxygen atoms in total. The van der Waals surface area contributed by atoms with Gasteiger partial charge < -0.3 is 0 Å². The molecule has 0 aliphatic carbocycles. The number of hydrogen-bond acceptors (Lipinski definition) is 4. The summed E-state index contributed by atoms with van der Waals surface area (Å²) in [4.78, 5) is 16.8. The summed E-state index contributed by atoms with van der Waals surface area (Å²) >= 11 is 1.37. The molecule has 0 aliphatic heterocycles. The van der Waals surface area contributed by atoms with Gasteiger partial charge in [-0.05, 0) is 24.6 Å². The number of carbonyl (C=O) groups excluding carboxylic acids is 1. The zero-order valence-corrected chi connectivity index (χ0v) is 13.0. The maximum Gasteiger partial charge on any atom is 0.197 e. The Kier molecular flexibility index (Phi) is 4.25. The molecule has 5 heteroatoms. The van der Waals surface area contributed by atoms with Crippen LogP contribution in [-0.4, -0.2) is 20.5 Å². The van der Waals surface area contributed by atoms with Crippen LogP contribution in [0.4, 0.5) is 0 Å². The molecule has 2 aromatic heterocycles. The van der Waals surface area contributed by atoms with Crippen LogP contribution in [0, 0.1) is 6.92 Å². The Hall–Kier alpha value is -2.53. The van der Waals surface area contributed by atoms with E-state index in [1.807, 2.05) is 36.0 Å². The predicted octanol–water partition coefficient (Wildman–Crippen LogP) is 3.59. The number of rotatable bonds is 5. The number of aryl methyl sites for hydroxylation is 1. The van der Waals surface area contributed by atoms with Crippen molar-refractivity contribution in [2.45, 2.75) is 13.5 Å². The summed E-state index contributed by atoms with van der Waals surface area (Å²) in [5, 5.41) is 4.31. The standard InChI is InChI=1S/C17H15N3OS/c1-13-17(22-12-18-13)16(21)8-7-15-9-19-20(11-15)10-14-5-3-2-4-6-14/h2-9,11-12H,10H2,1H3. The summed E-state index contributed by atoms with van der Waals surface area (Å²) in [6.45, 7) is 2.56. The molecular formula is C17H15N3OS. The van der Waals surface area contributed by atoms with E-state index in [0.717, 1.165) is 17.8 Å². The smallest absolute Gasteiger partial charge is 0.197 e. The normalized spacial score (nSPS) is 11.1. The monoisotopic (exact) mass is 309 g/mol. The Bertz CT molecular complexity index is 802. The predicted molar refractivity (Wildman–Crippen MR) is 88.0 cm³/mol. The van der Waals surface area contributed by atoms with Crippen LogP contribution in [0.25, 0.3) is 6.08 Å². The van der Waals surface area contributed by atoms with Gasteiger partial charge in [0.05, 0.1) is 28.8 Å². The maximum atomic E-state index is 12.1. The van der Waals surface area contributed by atoms with Gasteiger partial charge in [0.1, 0.15) is 0 Å². The largest absolute Gasteiger partial charge is 0.288 e. The van der Waals surface area contributed by atoms with E-state index in [-0.39, 0.29) is 5.78 Å². The molecule has 2 heterocycles. The lowest BCUT2D eigenvalue weighted by molar-refractivity contribution is 0.105. The second-order valence-electron chi connectivity index (χ2n) is 4.92. The summed E-state index contributed by atoms with van der Waals surface area (Å²) in [5.41, 5.74) is 4.57. The van der Waals surface area contributed by atoms with E-state index in [1.165, 1.54) is 16.9 Å². The van der Waals surface area contributed by atoms with Crippen molar-refractivity contribution in [1.29, 1.82) is 0 Å². The van der Waals surface area contributed by atoms with Gasteiger partial charge in [-0.25, -0.2) is 4.98 Å². The lowest BCUT2D eigenvalue weighted by Crippen LogP contribution is -1.99. The highest BCUT2D eigenvalue weighted by Crippen LogP contribution is 2.14. The molecule has 0 bridgehead atoms. The first-order valence-corrected chi connectivity index (χ1v) is 7.79. The van der Waals surface area contributed by atoms with Crippen molar-refractivity contribution in [3.63, 3.8) is 0 Å². The van der Waals surface area contributed by atoms with Crippen LogP contribution in [0.2, 0.25) is 0 Å². The van der Waals surface area contributed by atoms with Gasteiger partial charge in [0.2, 0.25) is 0 Å². The van der Waals surface area contributed by atoms with Gasteiger partial charge in [-0.3, -0.25) is 9.48 Å². The zero-order chi connectivity index (χ0) is 15.4. The topological polar surface area (TPSA) is 47.8 Å². The minimum atomic E-state index is -0.0178. The Balaban J connectivity index is 1.68. The number of hydrogen-bond donors (Lipinski definition) is 0. The second kappa shape index (κ2) is 6.49.